The summed E-state index contributed by atoms with van der Waals surface area (Å²) in [6.07, 6.45) is -3.92. The van der Waals surface area contributed by atoms with Gasteiger partial charge in [0.2, 0.25) is 5.82 Å². The average molecular weight is 208 g/mol. The molecule has 0 saturated heterocycles. The van der Waals surface area contributed by atoms with Gasteiger partial charge in [-0.3, -0.25) is 0 Å². The van der Waals surface area contributed by atoms with E-state index in [2.05, 4.69) is 4.98 Å². The zero-order valence-corrected chi connectivity index (χ0v) is 7.17. The van der Waals surface area contributed by atoms with E-state index in [1.54, 1.807) is 0 Å². The molecule has 0 spiro atoms. The van der Waals surface area contributed by atoms with Crippen LogP contribution in [0.4, 0.5) is 13.2 Å². The van der Waals surface area contributed by atoms with E-state index in [1.165, 1.54) is 6.92 Å². The third-order valence-electron chi connectivity index (χ3n) is 1.64. The van der Waals surface area contributed by atoms with E-state index in [1.807, 2.05) is 0 Å². The summed E-state index contributed by atoms with van der Waals surface area (Å²) in [6, 6.07) is 0. The lowest BCUT2D eigenvalue weighted by molar-refractivity contribution is -0.147. The molecule has 0 amide bonds. The fraction of sp³-hybridized carbons (Fsp3) is 0.429. The Labute approximate surface area is 77.0 Å². The topological polar surface area (TPSA) is 55.1 Å². The molecule has 1 N–H and O–H groups in total. The monoisotopic (exact) mass is 208 g/mol. The molecule has 0 saturated carbocycles. The molecule has 1 rings (SSSR count). The zero-order chi connectivity index (χ0) is 10.9. The van der Waals surface area contributed by atoms with E-state index >= 15 is 0 Å². The molecule has 0 aliphatic rings. The number of aromatic nitrogens is 2. The Kier molecular flexibility index (Phi) is 2.50. The first kappa shape index (κ1) is 10.6. The Morgan fingerprint density at radius 1 is 1.64 bits per heavy atom. The SMILES string of the molecule is CCn1c(C(=O)O)cnc1C(F)(F)F. The van der Waals surface area contributed by atoms with Crippen molar-refractivity contribution in [1.82, 2.24) is 9.55 Å². The molecule has 0 radical (unpaired) electrons. The van der Waals surface area contributed by atoms with Crippen LogP contribution in [0.1, 0.15) is 23.2 Å². The standard InChI is InChI=1S/C7H7F3N2O2/c1-2-12-4(5(13)14)3-11-6(12)7(8,9)10/h3H,2H2,1H3,(H,13,14). The fourth-order valence-electron chi connectivity index (χ4n) is 1.09. The summed E-state index contributed by atoms with van der Waals surface area (Å²) in [7, 11) is 0. The van der Waals surface area contributed by atoms with Gasteiger partial charge in [-0.05, 0) is 6.92 Å². The Morgan fingerprint density at radius 2 is 2.21 bits per heavy atom. The van der Waals surface area contributed by atoms with Crippen LogP contribution < -0.4 is 0 Å². The molecule has 0 unspecified atom stereocenters. The number of carboxylic acid groups (broad SMARTS) is 1. The largest absolute Gasteiger partial charge is 0.477 e. The summed E-state index contributed by atoms with van der Waals surface area (Å²) in [5.41, 5.74) is -0.458. The smallest absolute Gasteiger partial charge is 0.449 e. The molecular formula is C7H7F3N2O2. The summed E-state index contributed by atoms with van der Waals surface area (Å²) in [4.78, 5) is 13.5. The van der Waals surface area contributed by atoms with Crippen molar-refractivity contribution in [1.29, 1.82) is 0 Å². The summed E-state index contributed by atoms with van der Waals surface area (Å²) in [5.74, 6) is -2.60. The maximum Gasteiger partial charge on any atom is 0.449 e. The van der Waals surface area contributed by atoms with Crippen molar-refractivity contribution >= 4 is 5.97 Å². The molecule has 4 nitrogen and oxygen atoms in total. The summed E-state index contributed by atoms with van der Waals surface area (Å²) in [6.45, 7) is 1.33. The maximum atomic E-state index is 12.2. The average Bonchev–Trinajstić information content (AvgIpc) is 2.45. The number of alkyl halides is 3. The van der Waals surface area contributed by atoms with E-state index in [0.717, 1.165) is 0 Å². The number of hydrogen-bond acceptors (Lipinski definition) is 2. The lowest BCUT2D eigenvalue weighted by Crippen LogP contribution is -2.17. The first-order valence-corrected chi connectivity index (χ1v) is 3.74. The van der Waals surface area contributed by atoms with Crippen molar-refractivity contribution in [3.8, 4) is 0 Å². The minimum Gasteiger partial charge on any atom is -0.477 e. The van der Waals surface area contributed by atoms with Gasteiger partial charge in [0.05, 0.1) is 6.20 Å². The third kappa shape index (κ3) is 1.70. The molecule has 1 heterocycles. The molecule has 0 aliphatic heterocycles. The highest BCUT2D eigenvalue weighted by Crippen LogP contribution is 2.28. The van der Waals surface area contributed by atoms with Crippen molar-refractivity contribution in [2.75, 3.05) is 0 Å². The van der Waals surface area contributed by atoms with Crippen LogP contribution in [-0.2, 0) is 12.7 Å². The van der Waals surface area contributed by atoms with Crippen molar-refractivity contribution < 1.29 is 23.1 Å². The molecule has 14 heavy (non-hydrogen) atoms. The van der Waals surface area contributed by atoms with Gasteiger partial charge < -0.3 is 9.67 Å². The normalized spacial score (nSPS) is 11.7. The van der Waals surface area contributed by atoms with E-state index in [0.29, 0.717) is 10.8 Å². The zero-order valence-electron chi connectivity index (χ0n) is 7.17. The second-order valence-corrected chi connectivity index (χ2v) is 2.51. The molecule has 0 aliphatic carbocycles. The molecule has 0 bridgehead atoms. The van der Waals surface area contributed by atoms with E-state index < -0.39 is 23.7 Å². The van der Waals surface area contributed by atoms with Crippen molar-refractivity contribution in [3.05, 3.63) is 17.7 Å². The van der Waals surface area contributed by atoms with Gasteiger partial charge in [-0.2, -0.15) is 13.2 Å². The highest BCUT2D eigenvalue weighted by Gasteiger charge is 2.37. The first-order valence-electron chi connectivity index (χ1n) is 3.74. The number of carbonyl (C=O) groups is 1. The van der Waals surface area contributed by atoms with Gasteiger partial charge >= 0.3 is 12.1 Å². The van der Waals surface area contributed by atoms with Gasteiger partial charge in [0.15, 0.2) is 0 Å². The van der Waals surface area contributed by atoms with Crippen LogP contribution in [0.2, 0.25) is 0 Å². The van der Waals surface area contributed by atoms with Crippen molar-refractivity contribution in [2.45, 2.75) is 19.6 Å². The maximum absolute atomic E-state index is 12.2. The Balaban J connectivity index is 3.28. The predicted molar refractivity (Wildman–Crippen MR) is 39.9 cm³/mol. The highest BCUT2D eigenvalue weighted by molar-refractivity contribution is 5.85. The number of imidazole rings is 1. The van der Waals surface area contributed by atoms with Gasteiger partial charge in [0.1, 0.15) is 5.69 Å². The quantitative estimate of drug-likeness (QED) is 0.803. The summed E-state index contributed by atoms with van der Waals surface area (Å²) < 4.78 is 37.3. The Morgan fingerprint density at radius 3 is 2.57 bits per heavy atom. The highest BCUT2D eigenvalue weighted by atomic mass is 19.4. The molecular weight excluding hydrogens is 201 g/mol. The minimum absolute atomic E-state index is 0.0868. The third-order valence-corrected chi connectivity index (χ3v) is 1.64. The van der Waals surface area contributed by atoms with Gasteiger partial charge in [0, 0.05) is 6.54 Å². The van der Waals surface area contributed by atoms with Crippen molar-refractivity contribution in [2.24, 2.45) is 0 Å². The van der Waals surface area contributed by atoms with E-state index in [9.17, 15) is 18.0 Å². The number of carboxylic acids is 1. The van der Waals surface area contributed by atoms with Gasteiger partial charge in [0.25, 0.3) is 0 Å². The van der Waals surface area contributed by atoms with Crippen LogP contribution in [0, 0.1) is 0 Å². The molecule has 0 atom stereocenters. The lowest BCUT2D eigenvalue weighted by atomic mass is 10.4. The second-order valence-electron chi connectivity index (χ2n) is 2.51. The molecule has 0 aromatic carbocycles. The number of nitrogens with zero attached hydrogens (tertiary/aromatic N) is 2. The van der Waals surface area contributed by atoms with Gasteiger partial charge in [-0.15, -0.1) is 0 Å². The van der Waals surface area contributed by atoms with Crippen molar-refractivity contribution in [3.63, 3.8) is 0 Å². The Hall–Kier alpha value is -1.53. The van der Waals surface area contributed by atoms with Crippen LogP contribution >= 0.6 is 0 Å². The van der Waals surface area contributed by atoms with Gasteiger partial charge in [-0.25, -0.2) is 9.78 Å². The minimum atomic E-state index is -4.62. The van der Waals surface area contributed by atoms with Crippen LogP contribution in [-0.4, -0.2) is 20.6 Å². The number of halogens is 3. The van der Waals surface area contributed by atoms with E-state index in [-0.39, 0.29) is 6.54 Å². The molecule has 78 valence electrons. The number of aromatic carboxylic acids is 1. The molecule has 0 fully saturated rings. The van der Waals surface area contributed by atoms with Crippen LogP contribution in [0.3, 0.4) is 0 Å². The molecule has 7 heteroatoms. The fourth-order valence-corrected chi connectivity index (χ4v) is 1.09. The number of rotatable bonds is 2. The Bertz CT molecular complexity index is 356. The summed E-state index contributed by atoms with van der Waals surface area (Å²) in [5, 5.41) is 8.55. The predicted octanol–water partition coefficient (Wildman–Crippen LogP) is 1.62. The van der Waals surface area contributed by atoms with Gasteiger partial charge in [-0.1, -0.05) is 0 Å². The second kappa shape index (κ2) is 3.32. The van der Waals surface area contributed by atoms with Crippen LogP contribution in [0.5, 0.6) is 0 Å². The van der Waals surface area contributed by atoms with Crippen LogP contribution in [0.15, 0.2) is 6.20 Å². The first-order chi connectivity index (χ1) is 6.38. The molecule has 1 aromatic heterocycles. The number of hydrogen-bond donors (Lipinski definition) is 1. The van der Waals surface area contributed by atoms with E-state index in [4.69, 9.17) is 5.11 Å². The van der Waals surface area contributed by atoms with Crippen LogP contribution in [0.25, 0.3) is 0 Å². The summed E-state index contributed by atoms with van der Waals surface area (Å²) >= 11 is 0. The molecule has 1 aromatic rings. The lowest BCUT2D eigenvalue weighted by Gasteiger charge is -2.09.